The lowest BCUT2D eigenvalue weighted by atomic mass is 9.67. The monoisotopic (exact) mass is 264 g/mol. The van der Waals surface area contributed by atoms with Crippen LogP contribution in [0.25, 0.3) is 0 Å². The highest BCUT2D eigenvalue weighted by atomic mass is 16.6. The van der Waals surface area contributed by atoms with E-state index in [4.69, 9.17) is 5.84 Å². The molecule has 19 heavy (non-hydrogen) atoms. The van der Waals surface area contributed by atoms with Gasteiger partial charge in [-0.25, -0.2) is 0 Å². The first kappa shape index (κ1) is 13.6. The quantitative estimate of drug-likeness (QED) is 0.417. The third kappa shape index (κ3) is 2.63. The summed E-state index contributed by atoms with van der Waals surface area (Å²) in [6, 6.07) is 5.08. The van der Waals surface area contributed by atoms with Crippen LogP contribution < -0.4 is 16.6 Å². The fourth-order valence-electron chi connectivity index (χ4n) is 2.61. The second kappa shape index (κ2) is 5.44. The molecule has 6 nitrogen and oxygen atoms in total. The third-order valence-electron chi connectivity index (χ3n) is 4.19. The van der Waals surface area contributed by atoms with E-state index in [0.29, 0.717) is 16.8 Å². The van der Waals surface area contributed by atoms with Gasteiger partial charge >= 0.3 is 5.69 Å². The van der Waals surface area contributed by atoms with Crippen LogP contribution in [0.1, 0.15) is 32.6 Å². The van der Waals surface area contributed by atoms with Gasteiger partial charge in [-0.05, 0) is 36.8 Å². The second-order valence-corrected chi connectivity index (χ2v) is 5.16. The lowest BCUT2D eigenvalue weighted by Crippen LogP contribution is -2.36. The maximum absolute atomic E-state index is 11.1. The molecule has 1 aliphatic carbocycles. The fourth-order valence-corrected chi connectivity index (χ4v) is 2.61. The lowest BCUT2D eigenvalue weighted by molar-refractivity contribution is -0.383. The first-order valence-electron chi connectivity index (χ1n) is 6.60. The highest BCUT2D eigenvalue weighted by Crippen LogP contribution is 2.44. The van der Waals surface area contributed by atoms with Crippen molar-refractivity contribution in [3.05, 3.63) is 28.3 Å². The molecule has 0 bridgehead atoms. The number of nitro benzene ring substituents is 1. The summed E-state index contributed by atoms with van der Waals surface area (Å²) in [6.07, 6.45) is 4.74. The highest BCUT2D eigenvalue weighted by Gasteiger charge is 2.35. The van der Waals surface area contributed by atoms with E-state index in [0.717, 1.165) is 13.0 Å². The minimum atomic E-state index is -0.406. The lowest BCUT2D eigenvalue weighted by Gasteiger charge is -2.41. The van der Waals surface area contributed by atoms with Crippen molar-refractivity contribution >= 4 is 17.1 Å². The Kier molecular flexibility index (Phi) is 3.90. The average molecular weight is 264 g/mol. The zero-order chi connectivity index (χ0) is 13.9. The molecular weight excluding hydrogens is 244 g/mol. The van der Waals surface area contributed by atoms with E-state index in [1.165, 1.54) is 19.3 Å². The van der Waals surface area contributed by atoms with Crippen molar-refractivity contribution in [1.82, 2.24) is 0 Å². The third-order valence-corrected chi connectivity index (χ3v) is 4.19. The van der Waals surface area contributed by atoms with Crippen molar-refractivity contribution in [1.29, 1.82) is 0 Å². The molecule has 0 radical (unpaired) electrons. The molecule has 4 N–H and O–H groups in total. The number of nitrogens with zero attached hydrogens (tertiary/aromatic N) is 1. The number of nitrogens with one attached hydrogen (secondary N) is 2. The topological polar surface area (TPSA) is 93.2 Å². The number of hydrogen-bond donors (Lipinski definition) is 3. The molecule has 0 saturated heterocycles. The molecule has 0 spiro atoms. The van der Waals surface area contributed by atoms with Gasteiger partial charge in [0.2, 0.25) is 0 Å². The number of nitrogen functional groups attached to an aromatic ring is 1. The Morgan fingerprint density at radius 1 is 1.42 bits per heavy atom. The molecule has 0 aliphatic heterocycles. The summed E-state index contributed by atoms with van der Waals surface area (Å²) in [6.45, 7) is 2.95. The van der Waals surface area contributed by atoms with Crippen molar-refractivity contribution < 1.29 is 4.92 Å². The minimum Gasteiger partial charge on any atom is -0.379 e. The van der Waals surface area contributed by atoms with Crippen LogP contribution in [0.5, 0.6) is 0 Å². The van der Waals surface area contributed by atoms with E-state index in [1.807, 2.05) is 0 Å². The van der Waals surface area contributed by atoms with Gasteiger partial charge in [0.05, 0.1) is 4.92 Å². The largest absolute Gasteiger partial charge is 0.379 e. The number of nitrogens with two attached hydrogens (primary N) is 1. The van der Waals surface area contributed by atoms with Gasteiger partial charge in [0, 0.05) is 6.54 Å². The Balaban J connectivity index is 2.18. The van der Waals surface area contributed by atoms with Gasteiger partial charge in [-0.1, -0.05) is 19.4 Å². The minimum absolute atomic E-state index is 0.00979. The van der Waals surface area contributed by atoms with E-state index in [9.17, 15) is 10.1 Å². The summed E-state index contributed by atoms with van der Waals surface area (Å²) in [4.78, 5) is 10.7. The summed E-state index contributed by atoms with van der Waals surface area (Å²) >= 11 is 0. The molecule has 1 aromatic carbocycles. The van der Waals surface area contributed by atoms with Gasteiger partial charge < -0.3 is 10.7 Å². The van der Waals surface area contributed by atoms with Crippen LogP contribution in [0.2, 0.25) is 0 Å². The maximum Gasteiger partial charge on any atom is 0.316 e. The smallest absolute Gasteiger partial charge is 0.316 e. The van der Waals surface area contributed by atoms with Crippen LogP contribution in [0.4, 0.5) is 17.1 Å². The van der Waals surface area contributed by atoms with Crippen molar-refractivity contribution in [2.24, 2.45) is 11.3 Å². The van der Waals surface area contributed by atoms with Crippen molar-refractivity contribution in [2.75, 3.05) is 17.3 Å². The zero-order valence-electron chi connectivity index (χ0n) is 11.1. The van der Waals surface area contributed by atoms with E-state index in [-0.39, 0.29) is 5.69 Å². The van der Waals surface area contributed by atoms with Gasteiger partial charge in [-0.2, -0.15) is 0 Å². The molecule has 0 heterocycles. The molecule has 6 heteroatoms. The summed E-state index contributed by atoms with van der Waals surface area (Å²) in [7, 11) is 0. The SMILES string of the molecule is CCC1(CNc2cccc(NN)c2[N+](=O)[O-])CCC1. The van der Waals surface area contributed by atoms with Crippen molar-refractivity contribution in [3.8, 4) is 0 Å². The van der Waals surface area contributed by atoms with Gasteiger partial charge in [0.25, 0.3) is 0 Å². The second-order valence-electron chi connectivity index (χ2n) is 5.16. The first-order chi connectivity index (χ1) is 9.12. The fraction of sp³-hybridized carbons (Fsp3) is 0.538. The molecule has 0 atom stereocenters. The molecular formula is C13H20N4O2. The Morgan fingerprint density at radius 3 is 2.58 bits per heavy atom. The molecule has 1 saturated carbocycles. The molecule has 104 valence electrons. The zero-order valence-corrected chi connectivity index (χ0v) is 11.1. The molecule has 0 amide bonds. The van der Waals surface area contributed by atoms with Gasteiger partial charge in [-0.15, -0.1) is 0 Å². The van der Waals surface area contributed by atoms with Crippen LogP contribution in [0.15, 0.2) is 18.2 Å². The van der Waals surface area contributed by atoms with Crippen LogP contribution in [-0.2, 0) is 0 Å². The van der Waals surface area contributed by atoms with Gasteiger partial charge in [0.1, 0.15) is 11.4 Å². The maximum atomic E-state index is 11.1. The van der Waals surface area contributed by atoms with E-state index < -0.39 is 4.92 Å². The Bertz CT molecular complexity index is 466. The average Bonchev–Trinajstić information content (AvgIpc) is 2.37. The standard InChI is InChI=1S/C13H20N4O2/c1-2-13(7-4-8-13)9-15-10-5-3-6-11(16-14)12(10)17(18)19/h3,5-6,15-16H,2,4,7-9,14H2,1H3. The predicted octanol–water partition coefficient (Wildman–Crippen LogP) is 2.87. The molecule has 1 aromatic rings. The Labute approximate surface area is 112 Å². The van der Waals surface area contributed by atoms with Crippen LogP contribution in [-0.4, -0.2) is 11.5 Å². The number of hydrogen-bond acceptors (Lipinski definition) is 5. The van der Waals surface area contributed by atoms with E-state index in [1.54, 1.807) is 18.2 Å². The van der Waals surface area contributed by atoms with Crippen molar-refractivity contribution in [3.63, 3.8) is 0 Å². The number of rotatable bonds is 6. The van der Waals surface area contributed by atoms with Gasteiger partial charge in [0.15, 0.2) is 0 Å². The molecule has 0 aromatic heterocycles. The Hall–Kier alpha value is -1.82. The summed E-state index contributed by atoms with van der Waals surface area (Å²) in [5, 5.41) is 14.4. The summed E-state index contributed by atoms with van der Waals surface area (Å²) < 4.78 is 0. The van der Waals surface area contributed by atoms with Crippen LogP contribution >= 0.6 is 0 Å². The summed E-state index contributed by atoms with van der Waals surface area (Å²) in [5.41, 5.74) is 3.55. The predicted molar refractivity (Wildman–Crippen MR) is 76.0 cm³/mol. The van der Waals surface area contributed by atoms with E-state index in [2.05, 4.69) is 17.7 Å². The van der Waals surface area contributed by atoms with E-state index >= 15 is 0 Å². The normalized spacial score (nSPS) is 16.5. The summed E-state index contributed by atoms with van der Waals surface area (Å²) in [5.74, 6) is 5.32. The highest BCUT2D eigenvalue weighted by molar-refractivity contribution is 5.75. The number of hydrazine groups is 1. The van der Waals surface area contributed by atoms with Crippen molar-refractivity contribution in [2.45, 2.75) is 32.6 Å². The van der Waals surface area contributed by atoms with Crippen LogP contribution in [0, 0.1) is 15.5 Å². The van der Waals surface area contributed by atoms with Gasteiger partial charge in [-0.3, -0.25) is 16.0 Å². The molecule has 1 fully saturated rings. The molecule has 1 aliphatic rings. The number of anilines is 2. The molecule has 0 unspecified atom stereocenters. The number of para-hydroxylation sites is 1. The van der Waals surface area contributed by atoms with Crippen LogP contribution in [0.3, 0.4) is 0 Å². The first-order valence-corrected chi connectivity index (χ1v) is 6.60. The Morgan fingerprint density at radius 2 is 2.11 bits per heavy atom. The number of nitro groups is 1. The molecule has 2 rings (SSSR count). The number of benzene rings is 1.